The largest absolute Gasteiger partial charge is 0.359 e. The number of amides is 1. The van der Waals surface area contributed by atoms with Gasteiger partial charge in [0, 0.05) is 33.7 Å². The number of nitrogens with zero attached hydrogens (tertiary/aromatic N) is 1. The summed E-state index contributed by atoms with van der Waals surface area (Å²) in [4.78, 5) is 13.8. The Kier molecular flexibility index (Phi) is 7.07. The molecule has 22 heavy (non-hydrogen) atoms. The molecule has 0 bridgehead atoms. The molecule has 1 aliphatic rings. The summed E-state index contributed by atoms with van der Waals surface area (Å²) in [7, 11) is 1.62. The van der Waals surface area contributed by atoms with Crippen molar-refractivity contribution in [2.75, 3.05) is 27.0 Å². The second kappa shape index (κ2) is 8.81. The summed E-state index contributed by atoms with van der Waals surface area (Å²) < 4.78 is 11.1. The fraction of sp³-hybridized carbons (Fsp3) is 0.562. The maximum atomic E-state index is 11.4. The molecule has 122 valence electrons. The number of alkyl halides is 1. The molecule has 0 aromatic heterocycles. The molecule has 1 aliphatic heterocycles. The van der Waals surface area contributed by atoms with Gasteiger partial charge < -0.3 is 14.8 Å². The first-order chi connectivity index (χ1) is 10.6. The van der Waals surface area contributed by atoms with Crippen molar-refractivity contribution in [1.82, 2.24) is 10.2 Å². The normalized spacial score (nSPS) is 25.9. The molecule has 1 N–H and O–H groups in total. The molecule has 2 rings (SSSR count). The van der Waals surface area contributed by atoms with Gasteiger partial charge in [-0.25, -0.2) is 0 Å². The first kappa shape index (κ1) is 17.7. The quantitative estimate of drug-likeness (QED) is 0.435. The molecule has 0 spiro atoms. The Hall–Kier alpha value is -0.700. The monoisotopic (exact) mass is 418 g/mol. The van der Waals surface area contributed by atoms with Crippen LogP contribution in [0.2, 0.25) is 0 Å². The van der Waals surface area contributed by atoms with Crippen molar-refractivity contribution in [3.63, 3.8) is 0 Å². The van der Waals surface area contributed by atoms with Gasteiger partial charge in [0.2, 0.25) is 5.91 Å². The van der Waals surface area contributed by atoms with E-state index in [0.29, 0.717) is 0 Å². The Morgan fingerprint density at radius 2 is 2.09 bits per heavy atom. The molecule has 5 nitrogen and oxygen atoms in total. The van der Waals surface area contributed by atoms with Gasteiger partial charge in [0.15, 0.2) is 0 Å². The molecule has 1 aromatic rings. The van der Waals surface area contributed by atoms with Crippen molar-refractivity contribution < 1.29 is 14.3 Å². The zero-order valence-corrected chi connectivity index (χ0v) is 15.2. The number of hydrogen-bond acceptors (Lipinski definition) is 4. The van der Waals surface area contributed by atoms with Gasteiger partial charge in [-0.2, -0.15) is 0 Å². The van der Waals surface area contributed by atoms with Crippen LogP contribution in [-0.2, 0) is 20.8 Å². The summed E-state index contributed by atoms with van der Waals surface area (Å²) in [6, 6.07) is 10.4. The van der Waals surface area contributed by atoms with Gasteiger partial charge in [0.25, 0.3) is 0 Å². The van der Waals surface area contributed by atoms with Gasteiger partial charge in [-0.15, -0.1) is 0 Å². The second-order valence-electron chi connectivity index (χ2n) is 5.54. The van der Waals surface area contributed by atoms with Gasteiger partial charge in [-0.3, -0.25) is 9.69 Å². The number of piperidine rings is 1. The van der Waals surface area contributed by atoms with E-state index in [1.807, 2.05) is 18.2 Å². The Balaban J connectivity index is 2.04. The minimum atomic E-state index is -0.00119. The van der Waals surface area contributed by atoms with Crippen molar-refractivity contribution in [2.24, 2.45) is 0 Å². The third-order valence-electron chi connectivity index (χ3n) is 3.67. The van der Waals surface area contributed by atoms with E-state index in [1.54, 1.807) is 14.0 Å². The van der Waals surface area contributed by atoms with Crippen LogP contribution in [0.25, 0.3) is 0 Å². The van der Waals surface area contributed by atoms with E-state index in [4.69, 9.17) is 9.47 Å². The number of ether oxygens (including phenoxy) is 2. The molecule has 0 radical (unpaired) electrons. The number of benzene rings is 1. The molecule has 6 heteroatoms. The van der Waals surface area contributed by atoms with Gasteiger partial charge in [-0.05, 0) is 5.56 Å². The van der Waals surface area contributed by atoms with Crippen LogP contribution in [-0.4, -0.2) is 53.9 Å². The minimum Gasteiger partial charge on any atom is -0.359 e. The summed E-state index contributed by atoms with van der Waals surface area (Å²) in [5, 5.41) is 3.04. The minimum absolute atomic E-state index is 0.00119. The maximum absolute atomic E-state index is 11.4. The van der Waals surface area contributed by atoms with Crippen LogP contribution in [0.1, 0.15) is 12.5 Å². The van der Waals surface area contributed by atoms with Gasteiger partial charge in [0.05, 0.1) is 16.1 Å². The number of nitrogens with one attached hydrogen (secondary N) is 1. The van der Waals surface area contributed by atoms with Gasteiger partial charge >= 0.3 is 0 Å². The molecule has 1 fully saturated rings. The lowest BCUT2D eigenvalue weighted by Crippen LogP contribution is -2.59. The van der Waals surface area contributed by atoms with E-state index < -0.39 is 0 Å². The smallest absolute Gasteiger partial charge is 0.217 e. The average Bonchev–Trinajstić information content (AvgIpc) is 2.49. The van der Waals surface area contributed by atoms with Crippen LogP contribution in [0, 0.1) is 0 Å². The van der Waals surface area contributed by atoms with Crippen molar-refractivity contribution in [1.29, 1.82) is 0 Å². The van der Waals surface area contributed by atoms with E-state index in [-0.39, 0.29) is 28.8 Å². The van der Waals surface area contributed by atoms with Crippen LogP contribution in [0.4, 0.5) is 0 Å². The summed E-state index contributed by atoms with van der Waals surface area (Å²) in [6.07, 6.45) is 0.0369. The average molecular weight is 418 g/mol. The molecule has 0 unspecified atom stereocenters. The highest BCUT2D eigenvalue weighted by Gasteiger charge is 2.36. The van der Waals surface area contributed by atoms with Crippen LogP contribution < -0.4 is 5.32 Å². The number of carbonyl (C=O) groups is 1. The van der Waals surface area contributed by atoms with Crippen LogP contribution >= 0.6 is 22.6 Å². The Morgan fingerprint density at radius 1 is 1.36 bits per heavy atom. The van der Waals surface area contributed by atoms with E-state index in [1.165, 1.54) is 5.56 Å². The molecule has 1 heterocycles. The number of carbonyl (C=O) groups excluding carboxylic acids is 1. The standard InChI is InChI=1S/C16H23IN2O3/c1-12(20)18-14-9-19(8-13-6-4-3-5-7-13)10-15(16(14)17)22-11-21-2/h3-7,14-16H,8-11H2,1-2H3,(H,18,20)/t14-,15+,16-/m0/s1. The van der Waals surface area contributed by atoms with Crippen molar-refractivity contribution in [3.8, 4) is 0 Å². The highest BCUT2D eigenvalue weighted by molar-refractivity contribution is 14.1. The Morgan fingerprint density at radius 3 is 2.73 bits per heavy atom. The predicted octanol–water partition coefficient (Wildman–Crippen LogP) is 1.80. The van der Waals surface area contributed by atoms with Crippen molar-refractivity contribution >= 4 is 28.5 Å². The third-order valence-corrected chi connectivity index (χ3v) is 5.34. The zero-order chi connectivity index (χ0) is 15.9. The SMILES string of the molecule is COCO[C@@H]1CN(Cc2ccccc2)C[C@H](NC(C)=O)[C@@H]1I. The summed E-state index contributed by atoms with van der Waals surface area (Å²) in [5.74, 6) is -0.00119. The lowest BCUT2D eigenvalue weighted by atomic mass is 10.0. The summed E-state index contributed by atoms with van der Waals surface area (Å²) in [6.45, 7) is 4.35. The van der Waals surface area contributed by atoms with Crippen LogP contribution in [0.5, 0.6) is 0 Å². The highest BCUT2D eigenvalue weighted by Crippen LogP contribution is 2.23. The maximum Gasteiger partial charge on any atom is 0.217 e. The Bertz CT molecular complexity index is 472. The fourth-order valence-electron chi connectivity index (χ4n) is 2.72. The Labute approximate surface area is 145 Å². The first-order valence-corrected chi connectivity index (χ1v) is 8.62. The van der Waals surface area contributed by atoms with Crippen LogP contribution in [0.3, 0.4) is 0 Å². The molecule has 0 aliphatic carbocycles. The molecule has 3 atom stereocenters. The number of hydrogen-bond donors (Lipinski definition) is 1. The first-order valence-electron chi connectivity index (χ1n) is 7.38. The number of likely N-dealkylation sites (tertiary alicyclic amines) is 1. The van der Waals surface area contributed by atoms with Gasteiger partial charge in [0.1, 0.15) is 6.79 Å². The predicted molar refractivity (Wildman–Crippen MR) is 93.9 cm³/mol. The molecule has 1 aromatic carbocycles. The lowest BCUT2D eigenvalue weighted by Gasteiger charge is -2.41. The number of methoxy groups -OCH3 is 1. The van der Waals surface area contributed by atoms with Crippen molar-refractivity contribution in [2.45, 2.75) is 29.5 Å². The molecule has 0 saturated carbocycles. The summed E-state index contributed by atoms with van der Waals surface area (Å²) >= 11 is 2.37. The molecular formula is C16H23IN2O3. The topological polar surface area (TPSA) is 50.8 Å². The third kappa shape index (κ3) is 5.19. The number of halogens is 1. The lowest BCUT2D eigenvalue weighted by molar-refractivity contribution is -0.121. The van der Waals surface area contributed by atoms with Crippen molar-refractivity contribution in [3.05, 3.63) is 35.9 Å². The molecule has 1 amide bonds. The summed E-state index contributed by atoms with van der Waals surface area (Å²) in [5.41, 5.74) is 1.27. The van der Waals surface area contributed by atoms with E-state index in [2.05, 4.69) is 44.9 Å². The van der Waals surface area contributed by atoms with E-state index in [0.717, 1.165) is 19.6 Å². The van der Waals surface area contributed by atoms with Gasteiger partial charge in [-0.1, -0.05) is 52.9 Å². The van der Waals surface area contributed by atoms with E-state index in [9.17, 15) is 4.79 Å². The highest BCUT2D eigenvalue weighted by atomic mass is 127. The second-order valence-corrected chi connectivity index (χ2v) is 6.98. The zero-order valence-electron chi connectivity index (χ0n) is 13.0. The molecule has 1 saturated heterocycles. The van der Waals surface area contributed by atoms with Crippen LogP contribution in [0.15, 0.2) is 30.3 Å². The fourth-order valence-corrected chi connectivity index (χ4v) is 3.57. The molecular weight excluding hydrogens is 395 g/mol. The van der Waals surface area contributed by atoms with E-state index >= 15 is 0 Å². The number of rotatable bonds is 6.